The van der Waals surface area contributed by atoms with Crippen LogP contribution in [-0.2, 0) is 12.8 Å². The molecule has 0 aliphatic heterocycles. The van der Waals surface area contributed by atoms with Crippen molar-refractivity contribution in [3.63, 3.8) is 0 Å². The van der Waals surface area contributed by atoms with Crippen LogP contribution in [0.3, 0.4) is 0 Å². The van der Waals surface area contributed by atoms with E-state index in [1.807, 2.05) is 24.5 Å². The van der Waals surface area contributed by atoms with Gasteiger partial charge in [0, 0.05) is 47.7 Å². The minimum atomic E-state index is 0.657. The first kappa shape index (κ1) is 25.8. The van der Waals surface area contributed by atoms with Gasteiger partial charge in [0.1, 0.15) is 11.0 Å². The first-order valence-corrected chi connectivity index (χ1v) is 14.0. The highest BCUT2D eigenvalue weighted by molar-refractivity contribution is 6.03. The van der Waals surface area contributed by atoms with E-state index in [4.69, 9.17) is 19.4 Å². The number of aromatic nitrogens is 4. The third-order valence-corrected chi connectivity index (χ3v) is 7.01. The summed E-state index contributed by atoms with van der Waals surface area (Å²) in [5.41, 5.74) is 4.49. The summed E-state index contributed by atoms with van der Waals surface area (Å²) in [6, 6.07) is 16.5. The van der Waals surface area contributed by atoms with Crippen LogP contribution in [0.25, 0.3) is 21.8 Å². The number of nitrogens with zero attached hydrogens (tertiary/aromatic N) is 2. The van der Waals surface area contributed by atoms with Crippen LogP contribution in [0.2, 0.25) is 0 Å². The Balaban J connectivity index is 1.08. The van der Waals surface area contributed by atoms with Crippen LogP contribution in [-0.4, -0.2) is 33.1 Å². The molecule has 5 aromatic rings. The molecule has 0 unspecified atom stereocenters. The minimum Gasteiger partial charge on any atom is -0.478 e. The lowest BCUT2D eigenvalue weighted by Crippen LogP contribution is -2.01. The van der Waals surface area contributed by atoms with E-state index in [9.17, 15) is 0 Å². The number of H-pyrrole nitrogens is 2. The Labute approximate surface area is 224 Å². The van der Waals surface area contributed by atoms with Gasteiger partial charge in [0.25, 0.3) is 0 Å². The fourth-order valence-electron chi connectivity index (χ4n) is 4.84. The van der Waals surface area contributed by atoms with Gasteiger partial charge in [0.15, 0.2) is 0 Å². The summed E-state index contributed by atoms with van der Waals surface area (Å²) >= 11 is 0. The molecule has 0 bridgehead atoms. The average molecular weight is 511 g/mol. The number of aryl methyl sites for hydroxylation is 2. The van der Waals surface area contributed by atoms with Crippen molar-refractivity contribution in [3.05, 3.63) is 84.4 Å². The Morgan fingerprint density at radius 3 is 1.39 bits per heavy atom. The maximum absolute atomic E-state index is 6.00. The smallest absolute Gasteiger partial charge is 0.213 e. The van der Waals surface area contributed by atoms with E-state index in [-0.39, 0.29) is 0 Å². The van der Waals surface area contributed by atoms with Crippen LogP contribution >= 0.6 is 0 Å². The molecule has 5 rings (SSSR count). The van der Waals surface area contributed by atoms with E-state index in [2.05, 4.69) is 58.8 Å². The number of rotatable bonds is 16. The van der Waals surface area contributed by atoms with Gasteiger partial charge < -0.3 is 19.4 Å². The third-order valence-electron chi connectivity index (χ3n) is 7.01. The molecule has 4 heterocycles. The molecule has 0 saturated heterocycles. The van der Waals surface area contributed by atoms with Crippen molar-refractivity contribution < 1.29 is 9.47 Å². The largest absolute Gasteiger partial charge is 0.478 e. The second-order valence-electron chi connectivity index (χ2n) is 9.97. The fourth-order valence-corrected chi connectivity index (χ4v) is 4.84. The molecule has 0 aliphatic rings. The number of unbranched alkanes of at least 4 members (excludes halogenated alkanes) is 6. The number of benzene rings is 1. The first-order valence-electron chi connectivity index (χ1n) is 14.0. The van der Waals surface area contributed by atoms with E-state index >= 15 is 0 Å². The van der Waals surface area contributed by atoms with Gasteiger partial charge in [0.05, 0.1) is 13.2 Å². The molecule has 0 aliphatic carbocycles. The van der Waals surface area contributed by atoms with Gasteiger partial charge in [-0.3, -0.25) is 0 Å². The van der Waals surface area contributed by atoms with Gasteiger partial charge in [-0.1, -0.05) is 37.8 Å². The number of ether oxygens (including phenoxy) is 2. The quantitative estimate of drug-likeness (QED) is 0.105. The lowest BCUT2D eigenvalue weighted by Gasteiger charge is -2.10. The maximum atomic E-state index is 6.00. The number of aromatic amines is 2. The number of hydrogen-bond donors (Lipinski definition) is 2. The lowest BCUT2D eigenvalue weighted by molar-refractivity contribution is 0.294. The molecular formula is C32H38N4O2. The van der Waals surface area contributed by atoms with E-state index in [0.29, 0.717) is 25.0 Å². The molecule has 0 radical (unpaired) electrons. The molecule has 0 amide bonds. The third kappa shape index (κ3) is 7.37. The second kappa shape index (κ2) is 13.7. The first-order chi connectivity index (χ1) is 18.8. The minimum absolute atomic E-state index is 0.657. The normalized spacial score (nSPS) is 11.4. The molecule has 0 atom stereocenters. The van der Waals surface area contributed by atoms with E-state index < -0.39 is 0 Å². The maximum Gasteiger partial charge on any atom is 0.213 e. The van der Waals surface area contributed by atoms with Crippen molar-refractivity contribution >= 4 is 21.8 Å². The molecule has 2 N–H and O–H groups in total. The molecule has 198 valence electrons. The number of fused-ring (bicyclic) bond motifs is 3. The summed E-state index contributed by atoms with van der Waals surface area (Å²) in [6.07, 6.45) is 19.6. The highest BCUT2D eigenvalue weighted by Crippen LogP contribution is 2.26. The van der Waals surface area contributed by atoms with Crippen molar-refractivity contribution in [1.82, 2.24) is 19.9 Å². The number of hydrogen-bond acceptors (Lipinski definition) is 4. The summed E-state index contributed by atoms with van der Waals surface area (Å²) < 4.78 is 12.0. The standard InChI is InChI=1S/C32H38N4O2/c1(5-9-25-17-19-33-23-25)3-7-21-37-29-15-13-27-11-12-28-14-16-30(36-32(28)31(27)35-29)38-22-8-4-2-6-10-26-18-20-34-24-26/h11-20,23-24,33-34H,1-10,21-22H2. The molecule has 0 saturated carbocycles. The molecule has 38 heavy (non-hydrogen) atoms. The van der Waals surface area contributed by atoms with E-state index in [0.717, 1.165) is 60.3 Å². The summed E-state index contributed by atoms with van der Waals surface area (Å²) in [5, 5.41) is 2.11. The van der Waals surface area contributed by atoms with Gasteiger partial charge in [-0.2, -0.15) is 0 Å². The van der Waals surface area contributed by atoms with Crippen LogP contribution in [0, 0.1) is 0 Å². The van der Waals surface area contributed by atoms with Crippen LogP contribution in [0.15, 0.2) is 73.3 Å². The van der Waals surface area contributed by atoms with Crippen LogP contribution in [0.1, 0.15) is 62.5 Å². The fraction of sp³-hybridized carbons (Fsp3) is 0.375. The predicted octanol–water partition coefficient (Wildman–Crippen LogP) is 7.80. The van der Waals surface area contributed by atoms with Gasteiger partial charge in [-0.25, -0.2) is 9.97 Å². The Morgan fingerprint density at radius 2 is 0.947 bits per heavy atom. The van der Waals surface area contributed by atoms with Crippen molar-refractivity contribution in [2.75, 3.05) is 13.2 Å². The van der Waals surface area contributed by atoms with Gasteiger partial charge in [-0.05, 0) is 73.9 Å². The van der Waals surface area contributed by atoms with Gasteiger partial charge in [-0.15, -0.1) is 0 Å². The van der Waals surface area contributed by atoms with Crippen LogP contribution in [0.4, 0.5) is 0 Å². The summed E-state index contributed by atoms with van der Waals surface area (Å²) in [6.45, 7) is 1.36. The monoisotopic (exact) mass is 510 g/mol. The predicted molar refractivity (Wildman–Crippen MR) is 154 cm³/mol. The van der Waals surface area contributed by atoms with Crippen LogP contribution < -0.4 is 9.47 Å². The molecule has 0 spiro atoms. The zero-order valence-electron chi connectivity index (χ0n) is 22.1. The lowest BCUT2D eigenvalue weighted by atomic mass is 10.1. The molecule has 6 nitrogen and oxygen atoms in total. The summed E-state index contributed by atoms with van der Waals surface area (Å²) in [5.74, 6) is 1.31. The Morgan fingerprint density at radius 1 is 0.500 bits per heavy atom. The Bertz CT molecular complexity index is 1270. The number of nitrogens with one attached hydrogen (secondary N) is 2. The summed E-state index contributed by atoms with van der Waals surface area (Å²) in [4.78, 5) is 15.9. The Kier molecular flexibility index (Phi) is 9.29. The number of pyridine rings is 2. The molecule has 1 aromatic carbocycles. The van der Waals surface area contributed by atoms with Gasteiger partial charge >= 0.3 is 0 Å². The van der Waals surface area contributed by atoms with Crippen molar-refractivity contribution in [1.29, 1.82) is 0 Å². The molecule has 4 aromatic heterocycles. The SMILES string of the molecule is c1cc(CCCCCCOc2ccc3ccc4ccc(OCCCCCCc5cc[nH]c5)nc4c3n2)c[nH]1. The van der Waals surface area contributed by atoms with E-state index in [1.54, 1.807) is 0 Å². The Hall–Kier alpha value is -3.80. The summed E-state index contributed by atoms with van der Waals surface area (Å²) in [7, 11) is 0. The zero-order chi connectivity index (χ0) is 25.8. The average Bonchev–Trinajstić information content (AvgIpc) is 3.67. The molecular weight excluding hydrogens is 472 g/mol. The second-order valence-corrected chi connectivity index (χ2v) is 9.97. The highest BCUT2D eigenvalue weighted by Gasteiger charge is 2.08. The highest BCUT2D eigenvalue weighted by atomic mass is 16.5. The molecule has 6 heteroatoms. The van der Waals surface area contributed by atoms with Crippen molar-refractivity contribution in [3.8, 4) is 11.8 Å². The van der Waals surface area contributed by atoms with Crippen LogP contribution in [0.5, 0.6) is 11.8 Å². The van der Waals surface area contributed by atoms with E-state index in [1.165, 1.54) is 36.8 Å². The zero-order valence-corrected chi connectivity index (χ0v) is 22.1. The van der Waals surface area contributed by atoms with Crippen molar-refractivity contribution in [2.24, 2.45) is 0 Å². The van der Waals surface area contributed by atoms with Gasteiger partial charge in [0.2, 0.25) is 11.8 Å². The van der Waals surface area contributed by atoms with Crippen molar-refractivity contribution in [2.45, 2.75) is 64.2 Å². The molecule has 0 fully saturated rings. The topological polar surface area (TPSA) is 75.8 Å².